The van der Waals surface area contributed by atoms with Gasteiger partial charge in [-0.3, -0.25) is 4.79 Å². The minimum absolute atomic E-state index is 0.201. The molecule has 3 aromatic rings. The molecule has 0 heterocycles. The summed E-state index contributed by atoms with van der Waals surface area (Å²) in [4.78, 5) is 24.3. The van der Waals surface area contributed by atoms with Gasteiger partial charge in [-0.05, 0) is 48.0 Å². The number of ether oxygens (including phenoxy) is 1. The van der Waals surface area contributed by atoms with E-state index in [0.29, 0.717) is 5.69 Å². The Morgan fingerprint density at radius 3 is 2.54 bits per heavy atom. The van der Waals surface area contributed by atoms with Crippen molar-refractivity contribution in [3.63, 3.8) is 0 Å². The van der Waals surface area contributed by atoms with Crippen molar-refractivity contribution in [1.29, 1.82) is 0 Å². The Labute approximate surface area is 154 Å². The van der Waals surface area contributed by atoms with E-state index < -0.39 is 23.8 Å². The molecule has 132 valence electrons. The molecule has 0 aliphatic heterocycles. The van der Waals surface area contributed by atoms with Crippen LogP contribution in [0, 0.1) is 5.82 Å². The lowest BCUT2D eigenvalue weighted by atomic mass is 10.1. The van der Waals surface area contributed by atoms with Crippen LogP contribution in [-0.2, 0) is 9.53 Å². The van der Waals surface area contributed by atoms with Crippen LogP contribution in [0.4, 0.5) is 10.1 Å². The maximum Gasteiger partial charge on any atom is 0.341 e. The van der Waals surface area contributed by atoms with Crippen molar-refractivity contribution in [2.45, 2.75) is 13.0 Å². The number of hydrogen-bond donors (Lipinski definition) is 1. The van der Waals surface area contributed by atoms with E-state index in [1.54, 1.807) is 6.07 Å². The normalized spacial score (nSPS) is 11.8. The van der Waals surface area contributed by atoms with Crippen molar-refractivity contribution in [2.24, 2.45) is 0 Å². The highest BCUT2D eigenvalue weighted by molar-refractivity contribution is 6.30. The molecular weight excluding hydrogens is 357 g/mol. The number of anilines is 1. The summed E-state index contributed by atoms with van der Waals surface area (Å²) in [6, 6.07) is 16.7. The molecule has 3 aromatic carbocycles. The minimum Gasteiger partial charge on any atom is -0.449 e. The number of rotatable bonds is 4. The average Bonchev–Trinajstić information content (AvgIpc) is 2.63. The zero-order valence-electron chi connectivity index (χ0n) is 13.8. The van der Waals surface area contributed by atoms with Gasteiger partial charge < -0.3 is 10.1 Å². The third-order valence-corrected chi connectivity index (χ3v) is 4.05. The van der Waals surface area contributed by atoms with Gasteiger partial charge in [0.15, 0.2) is 6.10 Å². The van der Waals surface area contributed by atoms with Crippen LogP contribution >= 0.6 is 11.6 Å². The van der Waals surface area contributed by atoms with Crippen LogP contribution in [0.2, 0.25) is 5.02 Å². The van der Waals surface area contributed by atoms with Crippen molar-refractivity contribution in [1.82, 2.24) is 0 Å². The molecule has 1 N–H and O–H groups in total. The first-order valence-corrected chi connectivity index (χ1v) is 8.27. The quantitative estimate of drug-likeness (QED) is 0.669. The summed E-state index contributed by atoms with van der Waals surface area (Å²) >= 11 is 5.76. The molecule has 0 saturated carbocycles. The van der Waals surface area contributed by atoms with Crippen molar-refractivity contribution in [3.8, 4) is 0 Å². The third kappa shape index (κ3) is 4.00. The lowest BCUT2D eigenvalue weighted by molar-refractivity contribution is -0.123. The molecule has 0 saturated heterocycles. The fourth-order valence-electron chi connectivity index (χ4n) is 2.44. The maximum absolute atomic E-state index is 13.7. The molecule has 0 radical (unpaired) electrons. The second-order valence-corrected chi connectivity index (χ2v) is 6.16. The minimum atomic E-state index is -1.10. The van der Waals surface area contributed by atoms with Gasteiger partial charge in [0.25, 0.3) is 5.91 Å². The number of hydrogen-bond acceptors (Lipinski definition) is 3. The number of carbonyl (C=O) groups is 2. The summed E-state index contributed by atoms with van der Waals surface area (Å²) in [5.74, 6) is -2.23. The van der Waals surface area contributed by atoms with Gasteiger partial charge in [0.1, 0.15) is 5.82 Å². The first-order chi connectivity index (χ1) is 12.4. The monoisotopic (exact) mass is 371 g/mol. The Morgan fingerprint density at radius 1 is 1.04 bits per heavy atom. The fourth-order valence-corrected chi connectivity index (χ4v) is 2.61. The number of esters is 1. The number of carbonyl (C=O) groups excluding carboxylic acids is 2. The van der Waals surface area contributed by atoms with E-state index in [9.17, 15) is 14.0 Å². The SMILES string of the molecule is C[C@H](OC(=O)c1cc(Cl)ccc1F)C(=O)Nc1ccc2ccccc2c1. The molecule has 3 rings (SSSR count). The third-order valence-electron chi connectivity index (χ3n) is 3.82. The molecule has 4 nitrogen and oxygen atoms in total. The first kappa shape index (κ1) is 17.9. The Bertz CT molecular complexity index is 990. The Morgan fingerprint density at radius 2 is 1.77 bits per heavy atom. The molecule has 0 aliphatic carbocycles. The van der Waals surface area contributed by atoms with E-state index in [2.05, 4.69) is 5.32 Å². The van der Waals surface area contributed by atoms with Crippen LogP contribution in [0.3, 0.4) is 0 Å². The summed E-state index contributed by atoms with van der Waals surface area (Å²) in [7, 11) is 0. The predicted molar refractivity (Wildman–Crippen MR) is 98.9 cm³/mol. The van der Waals surface area contributed by atoms with Crippen LogP contribution in [-0.4, -0.2) is 18.0 Å². The van der Waals surface area contributed by atoms with Crippen LogP contribution in [0.1, 0.15) is 17.3 Å². The highest BCUT2D eigenvalue weighted by atomic mass is 35.5. The molecule has 0 spiro atoms. The number of fused-ring (bicyclic) bond motifs is 1. The molecule has 0 aromatic heterocycles. The molecule has 1 atom stereocenters. The van der Waals surface area contributed by atoms with Gasteiger partial charge in [-0.25, -0.2) is 9.18 Å². The number of benzene rings is 3. The largest absolute Gasteiger partial charge is 0.449 e. The van der Waals surface area contributed by atoms with Crippen LogP contribution in [0.15, 0.2) is 60.7 Å². The summed E-state index contributed by atoms with van der Waals surface area (Å²) < 4.78 is 18.8. The first-order valence-electron chi connectivity index (χ1n) is 7.90. The molecule has 0 fully saturated rings. The smallest absolute Gasteiger partial charge is 0.341 e. The van der Waals surface area contributed by atoms with Gasteiger partial charge in [0.2, 0.25) is 0 Å². The molecular formula is C20H15ClFNO3. The highest BCUT2D eigenvalue weighted by Crippen LogP contribution is 2.20. The summed E-state index contributed by atoms with van der Waals surface area (Å²) in [5.41, 5.74) is 0.258. The van der Waals surface area contributed by atoms with Gasteiger partial charge in [-0.1, -0.05) is 41.9 Å². The Balaban J connectivity index is 1.68. The standard InChI is InChI=1S/C20H15ClFNO3/c1-12(26-20(25)17-11-15(21)7-9-18(17)22)19(24)23-16-8-6-13-4-2-3-5-14(13)10-16/h2-12H,1H3,(H,23,24)/t12-/m0/s1. The van der Waals surface area contributed by atoms with Crippen molar-refractivity contribution < 1.29 is 18.7 Å². The maximum atomic E-state index is 13.7. The van der Waals surface area contributed by atoms with Crippen LogP contribution in [0.5, 0.6) is 0 Å². The topological polar surface area (TPSA) is 55.4 Å². The van der Waals surface area contributed by atoms with E-state index in [4.69, 9.17) is 16.3 Å². The zero-order valence-corrected chi connectivity index (χ0v) is 14.6. The lowest BCUT2D eigenvalue weighted by Crippen LogP contribution is -2.30. The fraction of sp³-hybridized carbons (Fsp3) is 0.100. The van der Waals surface area contributed by atoms with Gasteiger partial charge in [-0.15, -0.1) is 0 Å². The molecule has 26 heavy (non-hydrogen) atoms. The summed E-state index contributed by atoms with van der Waals surface area (Å²) in [6.07, 6.45) is -1.10. The molecule has 6 heteroatoms. The Hall–Kier alpha value is -2.92. The number of halogens is 2. The number of amides is 1. The summed E-state index contributed by atoms with van der Waals surface area (Å²) in [6.45, 7) is 1.41. The van der Waals surface area contributed by atoms with Gasteiger partial charge in [0, 0.05) is 10.7 Å². The van der Waals surface area contributed by atoms with E-state index in [-0.39, 0.29) is 10.6 Å². The van der Waals surface area contributed by atoms with Crippen molar-refractivity contribution >= 4 is 39.9 Å². The lowest BCUT2D eigenvalue weighted by Gasteiger charge is -2.14. The van der Waals surface area contributed by atoms with E-state index in [1.165, 1.54) is 13.0 Å². The molecule has 0 aliphatic rings. The zero-order chi connectivity index (χ0) is 18.7. The second-order valence-electron chi connectivity index (χ2n) is 5.72. The van der Waals surface area contributed by atoms with Crippen LogP contribution in [0.25, 0.3) is 10.8 Å². The van der Waals surface area contributed by atoms with Gasteiger partial charge in [0.05, 0.1) is 5.56 Å². The number of nitrogens with one attached hydrogen (secondary N) is 1. The molecule has 0 unspecified atom stereocenters. The summed E-state index contributed by atoms with van der Waals surface area (Å²) in [5, 5.41) is 4.89. The highest BCUT2D eigenvalue weighted by Gasteiger charge is 2.21. The predicted octanol–water partition coefficient (Wildman–Crippen LogP) is 4.82. The van der Waals surface area contributed by atoms with Crippen LogP contribution < -0.4 is 5.32 Å². The van der Waals surface area contributed by atoms with E-state index >= 15 is 0 Å². The van der Waals surface area contributed by atoms with Gasteiger partial charge >= 0.3 is 5.97 Å². The average molecular weight is 372 g/mol. The molecule has 0 bridgehead atoms. The van der Waals surface area contributed by atoms with Crippen molar-refractivity contribution in [2.75, 3.05) is 5.32 Å². The van der Waals surface area contributed by atoms with Gasteiger partial charge in [-0.2, -0.15) is 0 Å². The van der Waals surface area contributed by atoms with E-state index in [1.807, 2.05) is 36.4 Å². The Kier molecular flexibility index (Phi) is 5.19. The molecule has 1 amide bonds. The van der Waals surface area contributed by atoms with E-state index in [0.717, 1.165) is 22.9 Å². The van der Waals surface area contributed by atoms with Crippen molar-refractivity contribution in [3.05, 3.63) is 77.1 Å². The second kappa shape index (κ2) is 7.54.